The summed E-state index contributed by atoms with van der Waals surface area (Å²) < 4.78 is 9.49. The Labute approximate surface area is 429 Å². The zero-order valence-corrected chi connectivity index (χ0v) is 45.3. The Morgan fingerprint density at radius 1 is 0.444 bits per heavy atom. The van der Waals surface area contributed by atoms with Gasteiger partial charge in [0.25, 0.3) is 0 Å². The number of aromatic nitrogens is 2. The summed E-state index contributed by atoms with van der Waals surface area (Å²) in [6.45, 7) is 34.9. The molecule has 0 N–H and O–H groups in total. The normalized spacial score (nSPS) is 13.4. The van der Waals surface area contributed by atoms with E-state index in [0.717, 1.165) is 45.2 Å². The lowest BCUT2D eigenvalue weighted by Gasteiger charge is -2.29. The third kappa shape index (κ3) is 8.97. The highest BCUT2D eigenvalue weighted by Crippen LogP contribution is 2.48. The molecule has 0 fully saturated rings. The number of pyridine rings is 1. The Morgan fingerprint density at radius 2 is 1.01 bits per heavy atom. The molecule has 72 heavy (non-hydrogen) atoms. The van der Waals surface area contributed by atoms with Crippen molar-refractivity contribution in [1.29, 1.82) is 0 Å². The Morgan fingerprint density at radius 3 is 1.61 bits per heavy atom. The van der Waals surface area contributed by atoms with Crippen molar-refractivity contribution in [2.75, 3.05) is 16.5 Å². The van der Waals surface area contributed by atoms with Crippen molar-refractivity contribution in [1.82, 2.24) is 9.55 Å². The molecule has 366 valence electrons. The number of hydrogen-bond donors (Lipinski definition) is 0. The predicted octanol–water partition coefficient (Wildman–Crippen LogP) is 18.7. The van der Waals surface area contributed by atoms with Gasteiger partial charge in [-0.25, -0.2) is 4.98 Å². The van der Waals surface area contributed by atoms with Crippen LogP contribution in [0.1, 0.15) is 122 Å². The fourth-order valence-corrected chi connectivity index (χ4v) is 10.6. The van der Waals surface area contributed by atoms with Crippen molar-refractivity contribution in [3.8, 4) is 39.6 Å². The van der Waals surface area contributed by atoms with Crippen molar-refractivity contribution >= 4 is 44.6 Å². The highest BCUT2D eigenvalue weighted by molar-refractivity contribution is 6.16. The predicted molar refractivity (Wildman–Crippen MR) is 307 cm³/mol. The summed E-state index contributed by atoms with van der Waals surface area (Å²) in [5.74, 6) is 2.41. The number of fused-ring (bicyclic) bond motifs is 4. The number of ether oxygens (including phenoxy) is 1. The van der Waals surface area contributed by atoms with Gasteiger partial charge >= 0.3 is 0 Å². The van der Waals surface area contributed by atoms with E-state index in [4.69, 9.17) is 9.72 Å². The number of hydrogen-bond acceptors (Lipinski definition) is 4. The summed E-state index contributed by atoms with van der Waals surface area (Å²) in [4.78, 5) is 10.1. The van der Waals surface area contributed by atoms with Gasteiger partial charge in [0.05, 0.1) is 22.4 Å². The molecule has 7 aromatic carbocycles. The van der Waals surface area contributed by atoms with Crippen LogP contribution in [0.25, 0.3) is 49.9 Å². The Balaban J connectivity index is 1.10. The van der Waals surface area contributed by atoms with Gasteiger partial charge in [0, 0.05) is 46.0 Å². The number of anilines is 4. The van der Waals surface area contributed by atoms with Crippen LogP contribution in [-0.4, -0.2) is 16.2 Å². The Bertz CT molecular complexity index is 3490. The SMILES string of the molecule is Cc1cc(-n2c3ccccc3c3c(-c4c(C)cc(C(C)(C)C)cc4C)cc(Oc4cccc(N5CN(c6cc(C(C)(C)C)cc(C(C)(C)C)c6)c6ccccc65)c4)cc32)ncc1-c1ccc(C(C)(C)C)cc1. The Hall–Kier alpha value is -7.11. The minimum atomic E-state index is 0.00454. The largest absolute Gasteiger partial charge is 0.457 e. The fourth-order valence-electron chi connectivity index (χ4n) is 10.6. The van der Waals surface area contributed by atoms with E-state index in [9.17, 15) is 0 Å². The van der Waals surface area contributed by atoms with Crippen LogP contribution in [0, 0.1) is 20.8 Å². The maximum Gasteiger partial charge on any atom is 0.137 e. The van der Waals surface area contributed by atoms with Crippen LogP contribution in [0.2, 0.25) is 0 Å². The molecule has 1 aliphatic heterocycles. The second kappa shape index (κ2) is 17.6. The van der Waals surface area contributed by atoms with Crippen LogP contribution in [0.5, 0.6) is 11.5 Å². The molecule has 0 atom stereocenters. The van der Waals surface area contributed by atoms with Crippen LogP contribution in [0.4, 0.5) is 22.7 Å². The van der Waals surface area contributed by atoms with E-state index in [0.29, 0.717) is 6.67 Å². The van der Waals surface area contributed by atoms with E-state index in [-0.39, 0.29) is 21.7 Å². The van der Waals surface area contributed by atoms with Crippen molar-refractivity contribution in [3.63, 3.8) is 0 Å². The summed E-state index contributed by atoms with van der Waals surface area (Å²) in [7, 11) is 0. The lowest BCUT2D eigenvalue weighted by molar-refractivity contribution is 0.483. The lowest BCUT2D eigenvalue weighted by atomic mass is 9.80. The van der Waals surface area contributed by atoms with E-state index >= 15 is 0 Å². The number of para-hydroxylation sites is 3. The average molecular weight is 949 g/mol. The van der Waals surface area contributed by atoms with Gasteiger partial charge in [-0.2, -0.15) is 0 Å². The molecule has 2 aromatic heterocycles. The standard InChI is InChI=1S/C67H72N4O/c1-42-33-61(68-40-56(42)45-27-29-46(30-28-45)64(4,5)6)71-57-24-17-16-23-54(57)63-55(62-43(2)31-47(32-44(62)3)65(7,8)9)38-53(39-60(63)71)72-52-22-20-21-50(37-52)69-41-70(59-26-19-18-25-58(59)69)51-35-48(66(10,11)12)34-49(36-51)67(13,14)15/h16-40H,41H2,1-15H3. The van der Waals surface area contributed by atoms with Crippen LogP contribution < -0.4 is 14.5 Å². The summed E-state index contributed by atoms with van der Waals surface area (Å²) in [6.07, 6.45) is 2.05. The minimum absolute atomic E-state index is 0.00454. The lowest BCUT2D eigenvalue weighted by Crippen LogP contribution is -2.25. The highest BCUT2D eigenvalue weighted by atomic mass is 16.5. The third-order valence-corrected chi connectivity index (χ3v) is 14.9. The molecule has 0 spiro atoms. The third-order valence-electron chi connectivity index (χ3n) is 14.9. The molecule has 0 unspecified atom stereocenters. The molecule has 0 saturated carbocycles. The number of nitrogens with zero attached hydrogens (tertiary/aromatic N) is 4. The molecule has 0 aliphatic carbocycles. The molecule has 9 aromatic rings. The van der Waals surface area contributed by atoms with Crippen molar-refractivity contribution in [3.05, 3.63) is 191 Å². The van der Waals surface area contributed by atoms with Crippen molar-refractivity contribution in [2.45, 2.75) is 126 Å². The van der Waals surface area contributed by atoms with Crippen LogP contribution >= 0.6 is 0 Å². The van der Waals surface area contributed by atoms with E-state index in [1.54, 1.807) is 0 Å². The van der Waals surface area contributed by atoms with E-state index < -0.39 is 0 Å². The zero-order chi connectivity index (χ0) is 51.2. The van der Waals surface area contributed by atoms with Crippen LogP contribution in [-0.2, 0) is 21.7 Å². The molecule has 1 aliphatic rings. The fraction of sp³-hybridized carbons (Fsp3) is 0.299. The summed E-state index contributed by atoms with van der Waals surface area (Å²) in [5.41, 5.74) is 20.5. The number of aryl methyl sites for hydroxylation is 3. The summed E-state index contributed by atoms with van der Waals surface area (Å²) in [5, 5.41) is 2.36. The first-order chi connectivity index (χ1) is 33.9. The first-order valence-electron chi connectivity index (χ1n) is 25.8. The summed E-state index contributed by atoms with van der Waals surface area (Å²) >= 11 is 0. The summed E-state index contributed by atoms with van der Waals surface area (Å²) in [6, 6.07) is 53.8. The molecule has 5 nitrogen and oxygen atoms in total. The maximum atomic E-state index is 7.16. The van der Waals surface area contributed by atoms with Gasteiger partial charge in [0.2, 0.25) is 0 Å². The quantitative estimate of drug-likeness (QED) is 0.159. The smallest absolute Gasteiger partial charge is 0.137 e. The van der Waals surface area contributed by atoms with Crippen molar-refractivity contribution < 1.29 is 4.74 Å². The molecule has 0 bridgehead atoms. The molecule has 0 radical (unpaired) electrons. The highest BCUT2D eigenvalue weighted by Gasteiger charge is 2.31. The maximum absolute atomic E-state index is 7.16. The van der Waals surface area contributed by atoms with E-state index in [1.807, 2.05) is 6.20 Å². The van der Waals surface area contributed by atoms with Crippen molar-refractivity contribution in [2.24, 2.45) is 0 Å². The zero-order valence-electron chi connectivity index (χ0n) is 45.3. The second-order valence-corrected chi connectivity index (χ2v) is 24.5. The molecule has 10 rings (SSSR count). The molecular weight excluding hydrogens is 877 g/mol. The average Bonchev–Trinajstić information content (AvgIpc) is 3.87. The monoisotopic (exact) mass is 949 g/mol. The van der Waals surface area contributed by atoms with Gasteiger partial charge in [-0.1, -0.05) is 162 Å². The molecule has 0 amide bonds. The van der Waals surface area contributed by atoms with Gasteiger partial charge in [0.15, 0.2) is 0 Å². The number of rotatable bonds is 7. The Kier molecular flexibility index (Phi) is 11.8. The van der Waals surface area contributed by atoms with E-state index in [2.05, 4.69) is 264 Å². The van der Waals surface area contributed by atoms with E-state index in [1.165, 1.54) is 77.9 Å². The van der Waals surface area contributed by atoms with Gasteiger partial charge in [-0.05, 0) is 153 Å². The molecule has 3 heterocycles. The second-order valence-electron chi connectivity index (χ2n) is 24.5. The van der Waals surface area contributed by atoms with Gasteiger partial charge < -0.3 is 14.5 Å². The first-order valence-corrected chi connectivity index (χ1v) is 25.8. The van der Waals surface area contributed by atoms with Crippen LogP contribution in [0.3, 0.4) is 0 Å². The van der Waals surface area contributed by atoms with Gasteiger partial charge in [0.1, 0.15) is 24.0 Å². The van der Waals surface area contributed by atoms with Gasteiger partial charge in [-0.15, -0.1) is 0 Å². The first kappa shape index (κ1) is 48.5. The minimum Gasteiger partial charge on any atom is -0.457 e. The van der Waals surface area contributed by atoms with Gasteiger partial charge in [-0.3, -0.25) is 4.57 Å². The molecular formula is C67H72N4O. The topological polar surface area (TPSA) is 33.5 Å². The number of benzene rings is 7. The molecule has 0 saturated heterocycles. The molecule has 5 heteroatoms. The van der Waals surface area contributed by atoms with Crippen LogP contribution in [0.15, 0.2) is 152 Å².